The molecule has 1 aliphatic carbocycles. The summed E-state index contributed by atoms with van der Waals surface area (Å²) < 4.78 is 0. The van der Waals surface area contributed by atoms with E-state index >= 15 is 0 Å². The number of anilines is 6. The topological polar surface area (TPSA) is 6.48 Å². The predicted octanol–water partition coefficient (Wildman–Crippen LogP) is 8.13. The molecule has 5 aromatic rings. The smallest absolute Gasteiger partial charge is 0.252 e. The minimum Gasteiger partial charge on any atom is -0.311 e. The Labute approximate surface area is 238 Å². The van der Waals surface area contributed by atoms with Gasteiger partial charge in [-0.3, -0.25) is 0 Å². The molecule has 0 N–H and O–H groups in total. The first-order valence-corrected chi connectivity index (χ1v) is 14.9. The number of hydrogen-bond acceptors (Lipinski definition) is 2. The van der Waals surface area contributed by atoms with Crippen molar-refractivity contribution < 1.29 is 0 Å². The molecule has 40 heavy (non-hydrogen) atoms. The second-order valence-corrected chi connectivity index (χ2v) is 11.7. The Hall–Kier alpha value is -4.24. The molecule has 3 aliphatic rings. The van der Waals surface area contributed by atoms with Crippen LogP contribution in [-0.4, -0.2) is 6.71 Å². The van der Waals surface area contributed by atoms with Gasteiger partial charge in [-0.15, -0.1) is 0 Å². The van der Waals surface area contributed by atoms with Gasteiger partial charge in [0.1, 0.15) is 0 Å². The Morgan fingerprint density at radius 2 is 1.02 bits per heavy atom. The molecule has 194 valence electrons. The monoisotopic (exact) mass is 516 g/mol. The van der Waals surface area contributed by atoms with Crippen LogP contribution in [0.3, 0.4) is 0 Å². The van der Waals surface area contributed by atoms with E-state index in [0.29, 0.717) is 5.92 Å². The maximum Gasteiger partial charge on any atom is 0.252 e. The molecule has 5 aromatic carbocycles. The van der Waals surface area contributed by atoms with Crippen LogP contribution < -0.4 is 26.2 Å². The summed E-state index contributed by atoms with van der Waals surface area (Å²) in [5.74, 6) is 0.713. The zero-order chi connectivity index (χ0) is 26.6. The highest BCUT2D eigenvalue weighted by Crippen LogP contribution is 2.44. The zero-order valence-electron chi connectivity index (χ0n) is 23.1. The van der Waals surface area contributed by atoms with Crippen LogP contribution in [0.25, 0.3) is 0 Å². The number of rotatable bonds is 3. The van der Waals surface area contributed by atoms with Crippen LogP contribution in [0.15, 0.2) is 115 Å². The molecule has 0 radical (unpaired) electrons. The highest BCUT2D eigenvalue weighted by Gasteiger charge is 2.42. The third-order valence-corrected chi connectivity index (χ3v) is 9.33. The third kappa shape index (κ3) is 3.64. The van der Waals surface area contributed by atoms with E-state index in [2.05, 4.69) is 132 Å². The molecule has 2 aliphatic heterocycles. The minimum atomic E-state index is 0.193. The van der Waals surface area contributed by atoms with E-state index < -0.39 is 0 Å². The zero-order valence-corrected chi connectivity index (χ0v) is 23.1. The SMILES string of the molecule is Cc1ccc(N2c3ccccc3B3c4ccccc4N(c4ccc(C5CCCCC5)cc4)c4cccc2c43)cc1. The van der Waals surface area contributed by atoms with Gasteiger partial charge < -0.3 is 9.80 Å². The number of fused-ring (bicyclic) bond motifs is 4. The summed E-state index contributed by atoms with van der Waals surface area (Å²) in [6.45, 7) is 2.35. The number of benzene rings is 5. The normalized spacial score (nSPS) is 15.9. The largest absolute Gasteiger partial charge is 0.311 e. The summed E-state index contributed by atoms with van der Waals surface area (Å²) in [4.78, 5) is 4.96. The molecule has 0 bridgehead atoms. The fraction of sp³-hybridized carbons (Fsp3) is 0.189. The highest BCUT2D eigenvalue weighted by atomic mass is 15.2. The highest BCUT2D eigenvalue weighted by molar-refractivity contribution is 7.00. The van der Waals surface area contributed by atoms with Crippen LogP contribution in [0.1, 0.15) is 49.1 Å². The third-order valence-electron chi connectivity index (χ3n) is 9.33. The minimum absolute atomic E-state index is 0.193. The number of hydrogen-bond donors (Lipinski definition) is 0. The van der Waals surface area contributed by atoms with Crippen molar-refractivity contribution in [2.75, 3.05) is 9.80 Å². The predicted molar refractivity (Wildman–Crippen MR) is 171 cm³/mol. The van der Waals surface area contributed by atoms with Gasteiger partial charge in [-0.1, -0.05) is 91.6 Å². The Bertz CT molecular complexity index is 1700. The van der Waals surface area contributed by atoms with Crippen LogP contribution in [-0.2, 0) is 0 Å². The summed E-state index contributed by atoms with van der Waals surface area (Å²) in [5, 5.41) is 0. The lowest BCUT2D eigenvalue weighted by molar-refractivity contribution is 0.443. The summed E-state index contributed by atoms with van der Waals surface area (Å²) in [6.07, 6.45) is 6.77. The Morgan fingerprint density at radius 3 is 1.60 bits per heavy atom. The first-order chi connectivity index (χ1) is 19.8. The molecule has 2 nitrogen and oxygen atoms in total. The van der Waals surface area contributed by atoms with Gasteiger partial charge >= 0.3 is 0 Å². The van der Waals surface area contributed by atoms with Crippen molar-refractivity contribution in [1.29, 1.82) is 0 Å². The molecule has 0 aromatic heterocycles. The van der Waals surface area contributed by atoms with Gasteiger partial charge in [0.15, 0.2) is 0 Å². The van der Waals surface area contributed by atoms with E-state index in [1.807, 2.05) is 0 Å². The van der Waals surface area contributed by atoms with E-state index in [0.717, 1.165) is 0 Å². The van der Waals surface area contributed by atoms with Crippen LogP contribution in [0, 0.1) is 6.92 Å². The van der Waals surface area contributed by atoms with Crippen LogP contribution in [0.2, 0.25) is 0 Å². The standard InChI is InChI=1S/C37H33BN2/c1-26-18-22-29(23-19-26)39-33-14-7-5-12-31(33)38-32-13-6-8-15-34(32)40(36-17-9-16-35(39)37(36)38)30-24-20-28(21-25-30)27-10-3-2-4-11-27/h5-9,12-25,27H,2-4,10-11H2,1H3. The molecule has 2 heterocycles. The maximum atomic E-state index is 2.50. The average Bonchev–Trinajstić information content (AvgIpc) is 3.02. The maximum absolute atomic E-state index is 2.50. The number of aryl methyl sites for hydroxylation is 1. The lowest BCUT2D eigenvalue weighted by Crippen LogP contribution is -2.61. The molecule has 0 saturated heterocycles. The van der Waals surface area contributed by atoms with Crippen LogP contribution in [0.4, 0.5) is 34.1 Å². The molecule has 0 unspecified atom stereocenters. The van der Waals surface area contributed by atoms with E-state index in [1.165, 1.54) is 93.7 Å². The summed E-state index contributed by atoms with van der Waals surface area (Å²) in [7, 11) is 0. The summed E-state index contributed by atoms with van der Waals surface area (Å²) >= 11 is 0. The molecule has 1 fully saturated rings. The van der Waals surface area contributed by atoms with Crippen molar-refractivity contribution in [2.45, 2.75) is 44.9 Å². The lowest BCUT2D eigenvalue weighted by Gasteiger charge is -2.44. The average molecular weight is 516 g/mol. The van der Waals surface area contributed by atoms with E-state index in [1.54, 1.807) is 0 Å². The first-order valence-electron chi connectivity index (χ1n) is 14.9. The molecular weight excluding hydrogens is 483 g/mol. The van der Waals surface area contributed by atoms with Gasteiger partial charge in [-0.05, 0) is 96.2 Å². The van der Waals surface area contributed by atoms with E-state index in [4.69, 9.17) is 0 Å². The van der Waals surface area contributed by atoms with Crippen LogP contribution in [0.5, 0.6) is 0 Å². The first kappa shape index (κ1) is 23.6. The Morgan fingerprint density at radius 1 is 0.525 bits per heavy atom. The van der Waals surface area contributed by atoms with Crippen molar-refractivity contribution in [3.63, 3.8) is 0 Å². The molecule has 0 amide bonds. The summed E-state index contributed by atoms with van der Waals surface area (Å²) in [5.41, 5.74) is 14.4. The van der Waals surface area contributed by atoms with Crippen molar-refractivity contribution >= 4 is 57.2 Å². The fourth-order valence-electron chi connectivity index (χ4n) is 7.42. The second kappa shape index (κ2) is 9.45. The Kier molecular flexibility index (Phi) is 5.58. The number of nitrogens with zero attached hydrogens (tertiary/aromatic N) is 2. The van der Waals surface area contributed by atoms with Crippen molar-refractivity contribution in [1.82, 2.24) is 0 Å². The molecule has 0 spiro atoms. The second-order valence-electron chi connectivity index (χ2n) is 11.7. The van der Waals surface area contributed by atoms with Crippen LogP contribution >= 0.6 is 0 Å². The molecular formula is C37H33BN2. The quantitative estimate of drug-likeness (QED) is 0.219. The summed E-state index contributed by atoms with van der Waals surface area (Å²) in [6, 6.07) is 43.3. The van der Waals surface area contributed by atoms with Crippen molar-refractivity contribution in [2.24, 2.45) is 0 Å². The lowest BCUT2D eigenvalue weighted by atomic mass is 9.33. The van der Waals surface area contributed by atoms with Gasteiger partial charge in [0, 0.05) is 34.1 Å². The van der Waals surface area contributed by atoms with Crippen molar-refractivity contribution in [3.8, 4) is 0 Å². The number of para-hydroxylation sites is 2. The van der Waals surface area contributed by atoms with Gasteiger partial charge in [-0.25, -0.2) is 0 Å². The van der Waals surface area contributed by atoms with Gasteiger partial charge in [-0.2, -0.15) is 0 Å². The molecule has 3 heteroatoms. The van der Waals surface area contributed by atoms with E-state index in [9.17, 15) is 0 Å². The van der Waals surface area contributed by atoms with Gasteiger partial charge in [0.05, 0.1) is 0 Å². The van der Waals surface area contributed by atoms with Crippen molar-refractivity contribution in [3.05, 3.63) is 126 Å². The Balaban J connectivity index is 1.33. The molecule has 8 rings (SSSR count). The molecule has 1 saturated carbocycles. The fourth-order valence-corrected chi connectivity index (χ4v) is 7.42. The molecule has 0 atom stereocenters. The van der Waals surface area contributed by atoms with Gasteiger partial charge in [0.2, 0.25) is 0 Å². The van der Waals surface area contributed by atoms with E-state index in [-0.39, 0.29) is 6.71 Å². The van der Waals surface area contributed by atoms with Gasteiger partial charge in [0.25, 0.3) is 6.71 Å².